The molecule has 2 heteroatoms. The van der Waals surface area contributed by atoms with E-state index in [2.05, 4.69) is 66.8 Å². The summed E-state index contributed by atoms with van der Waals surface area (Å²) in [6, 6.07) is 24.2. The van der Waals surface area contributed by atoms with Gasteiger partial charge < -0.3 is 5.32 Å². The quantitative estimate of drug-likeness (QED) is 0.565. The van der Waals surface area contributed by atoms with Gasteiger partial charge in [0.25, 0.3) is 0 Å². The predicted octanol–water partition coefficient (Wildman–Crippen LogP) is 6.03. The van der Waals surface area contributed by atoms with Gasteiger partial charge in [-0.2, -0.15) is 0 Å². The summed E-state index contributed by atoms with van der Waals surface area (Å²) in [6.07, 6.45) is 5.80. The highest BCUT2D eigenvalue weighted by molar-refractivity contribution is 5.86. The molecule has 1 saturated carbocycles. The van der Waals surface area contributed by atoms with E-state index in [1.807, 2.05) is 12.1 Å². The van der Waals surface area contributed by atoms with Crippen molar-refractivity contribution in [3.8, 4) is 0 Å². The molecule has 4 rings (SSSR count). The first-order valence-electron chi connectivity index (χ1n) is 10.0. The number of carbonyl (C=O) groups excluding carboxylic acids is 1. The van der Waals surface area contributed by atoms with Gasteiger partial charge in [0.15, 0.2) is 0 Å². The van der Waals surface area contributed by atoms with Crippen LogP contribution in [0.15, 0.2) is 66.7 Å². The van der Waals surface area contributed by atoms with Gasteiger partial charge in [0, 0.05) is 17.6 Å². The van der Waals surface area contributed by atoms with E-state index in [0.29, 0.717) is 18.0 Å². The van der Waals surface area contributed by atoms with Gasteiger partial charge in [-0.1, -0.05) is 73.2 Å². The maximum absolute atomic E-state index is 10.9. The van der Waals surface area contributed by atoms with Gasteiger partial charge in [-0.25, -0.2) is 0 Å². The van der Waals surface area contributed by atoms with Gasteiger partial charge in [-0.3, -0.25) is 4.79 Å². The fourth-order valence-electron chi connectivity index (χ4n) is 4.56. The Kier molecular flexibility index (Phi) is 5.35. The molecule has 1 aliphatic carbocycles. The average Bonchev–Trinajstić information content (AvgIpc) is 2.73. The molecule has 3 atom stereocenters. The van der Waals surface area contributed by atoms with E-state index < -0.39 is 0 Å². The van der Waals surface area contributed by atoms with Crippen LogP contribution in [0.5, 0.6) is 0 Å². The zero-order chi connectivity index (χ0) is 18.6. The molecule has 0 spiro atoms. The van der Waals surface area contributed by atoms with Gasteiger partial charge >= 0.3 is 0 Å². The van der Waals surface area contributed by atoms with Gasteiger partial charge in [-0.15, -0.1) is 0 Å². The summed E-state index contributed by atoms with van der Waals surface area (Å²) in [5, 5.41) is 6.54. The third-order valence-electron chi connectivity index (χ3n) is 5.99. The van der Waals surface area contributed by atoms with Crippen molar-refractivity contribution in [2.75, 3.05) is 0 Å². The van der Waals surface area contributed by atoms with Crippen LogP contribution in [0.25, 0.3) is 10.8 Å². The molecule has 0 aliphatic heterocycles. The Morgan fingerprint density at radius 1 is 0.963 bits per heavy atom. The molecule has 3 aromatic rings. The second-order valence-electron chi connectivity index (χ2n) is 7.80. The first-order chi connectivity index (χ1) is 13.2. The molecule has 1 N–H and O–H groups in total. The molecule has 0 amide bonds. The Morgan fingerprint density at radius 3 is 2.56 bits per heavy atom. The molecule has 2 nitrogen and oxygen atoms in total. The van der Waals surface area contributed by atoms with Gasteiger partial charge in [0.2, 0.25) is 0 Å². The number of benzene rings is 3. The summed E-state index contributed by atoms with van der Waals surface area (Å²) in [7, 11) is 0. The fraction of sp³-hybridized carbons (Fsp3) is 0.320. The van der Waals surface area contributed by atoms with Crippen molar-refractivity contribution in [3.05, 3.63) is 83.4 Å². The van der Waals surface area contributed by atoms with Crippen molar-refractivity contribution in [2.24, 2.45) is 0 Å². The van der Waals surface area contributed by atoms with Crippen LogP contribution in [0, 0.1) is 0 Å². The van der Waals surface area contributed by atoms with Crippen molar-refractivity contribution in [1.29, 1.82) is 0 Å². The highest BCUT2D eigenvalue weighted by atomic mass is 16.1. The van der Waals surface area contributed by atoms with E-state index in [0.717, 1.165) is 18.3 Å². The van der Waals surface area contributed by atoms with Crippen LogP contribution in [0.2, 0.25) is 0 Å². The highest BCUT2D eigenvalue weighted by Gasteiger charge is 2.24. The number of aldehydes is 1. The summed E-state index contributed by atoms with van der Waals surface area (Å²) >= 11 is 0. The molecule has 3 aromatic carbocycles. The van der Waals surface area contributed by atoms with Crippen LogP contribution >= 0.6 is 0 Å². The lowest BCUT2D eigenvalue weighted by molar-refractivity contribution is 0.112. The normalized spacial score (nSPS) is 21.1. The van der Waals surface area contributed by atoms with Crippen LogP contribution < -0.4 is 5.32 Å². The van der Waals surface area contributed by atoms with Gasteiger partial charge in [0.05, 0.1) is 0 Å². The number of hydrogen-bond donors (Lipinski definition) is 1. The van der Waals surface area contributed by atoms with E-state index >= 15 is 0 Å². The smallest absolute Gasteiger partial charge is 0.150 e. The van der Waals surface area contributed by atoms with Crippen LogP contribution in [0.4, 0.5) is 0 Å². The third-order valence-corrected chi connectivity index (χ3v) is 5.99. The minimum absolute atomic E-state index is 0.331. The maximum Gasteiger partial charge on any atom is 0.150 e. The van der Waals surface area contributed by atoms with Crippen molar-refractivity contribution in [1.82, 2.24) is 5.32 Å². The van der Waals surface area contributed by atoms with E-state index in [1.54, 1.807) is 0 Å². The Morgan fingerprint density at radius 2 is 1.74 bits per heavy atom. The van der Waals surface area contributed by atoms with Crippen molar-refractivity contribution in [2.45, 2.75) is 50.6 Å². The first-order valence-corrected chi connectivity index (χ1v) is 10.0. The van der Waals surface area contributed by atoms with Crippen LogP contribution in [0.1, 0.15) is 66.1 Å². The molecule has 138 valence electrons. The van der Waals surface area contributed by atoms with Gasteiger partial charge in [-0.05, 0) is 54.0 Å². The number of hydrogen-bond acceptors (Lipinski definition) is 2. The monoisotopic (exact) mass is 357 g/mol. The molecule has 0 aromatic heterocycles. The minimum Gasteiger partial charge on any atom is -0.307 e. The van der Waals surface area contributed by atoms with Crippen molar-refractivity contribution in [3.63, 3.8) is 0 Å². The topological polar surface area (TPSA) is 29.1 Å². The highest BCUT2D eigenvalue weighted by Crippen LogP contribution is 2.34. The lowest BCUT2D eigenvalue weighted by Gasteiger charge is -2.32. The minimum atomic E-state index is 0.331. The van der Waals surface area contributed by atoms with Crippen molar-refractivity contribution >= 4 is 17.1 Å². The predicted molar refractivity (Wildman–Crippen MR) is 112 cm³/mol. The molecule has 27 heavy (non-hydrogen) atoms. The van der Waals surface area contributed by atoms with Gasteiger partial charge in [0.1, 0.15) is 6.29 Å². The van der Waals surface area contributed by atoms with E-state index in [-0.39, 0.29) is 0 Å². The largest absolute Gasteiger partial charge is 0.307 e. The maximum atomic E-state index is 10.9. The summed E-state index contributed by atoms with van der Waals surface area (Å²) < 4.78 is 0. The second kappa shape index (κ2) is 8.06. The SMILES string of the molecule is C[C@@H](NC1CCCC(c2ccc(C=O)cc2)C1)c1cccc2ccccc12. The van der Waals surface area contributed by atoms with E-state index in [1.165, 1.54) is 41.2 Å². The molecule has 0 saturated heterocycles. The van der Waals surface area contributed by atoms with E-state index in [9.17, 15) is 4.79 Å². The molecule has 0 radical (unpaired) electrons. The standard InChI is InChI=1S/C25H27NO/c1-18(24-11-5-7-21-6-2-3-10-25(21)24)26-23-9-4-8-22(16-23)20-14-12-19(17-27)13-15-20/h2-3,5-7,10-15,17-18,22-23,26H,4,8-9,16H2,1H3/t18-,22?,23?/m1/s1. The molecule has 1 fully saturated rings. The lowest BCUT2D eigenvalue weighted by Crippen LogP contribution is -2.35. The molecule has 2 unspecified atom stereocenters. The fourth-order valence-corrected chi connectivity index (χ4v) is 4.56. The third kappa shape index (κ3) is 3.96. The number of nitrogens with one attached hydrogen (secondary N) is 1. The molecular formula is C25H27NO. The molecule has 0 heterocycles. The number of rotatable bonds is 5. The number of carbonyl (C=O) groups is 1. The van der Waals surface area contributed by atoms with Crippen LogP contribution in [-0.4, -0.2) is 12.3 Å². The Hall–Kier alpha value is -2.45. The van der Waals surface area contributed by atoms with E-state index in [4.69, 9.17) is 0 Å². The number of fused-ring (bicyclic) bond motifs is 1. The Balaban J connectivity index is 1.47. The summed E-state index contributed by atoms with van der Waals surface area (Å²) in [5.74, 6) is 0.580. The summed E-state index contributed by atoms with van der Waals surface area (Å²) in [5.41, 5.74) is 3.50. The second-order valence-corrected chi connectivity index (χ2v) is 7.80. The van der Waals surface area contributed by atoms with Crippen LogP contribution in [-0.2, 0) is 0 Å². The zero-order valence-electron chi connectivity index (χ0n) is 15.9. The van der Waals surface area contributed by atoms with Crippen molar-refractivity contribution < 1.29 is 4.79 Å². The average molecular weight is 357 g/mol. The van der Waals surface area contributed by atoms with Crippen LogP contribution in [0.3, 0.4) is 0 Å². The molecular weight excluding hydrogens is 330 g/mol. The first kappa shape index (κ1) is 17.9. The Labute approximate surface area is 161 Å². The lowest BCUT2D eigenvalue weighted by atomic mass is 9.81. The summed E-state index contributed by atoms with van der Waals surface area (Å²) in [4.78, 5) is 10.9. The molecule has 1 aliphatic rings. The Bertz CT molecular complexity index is 910. The zero-order valence-corrected chi connectivity index (χ0v) is 15.9. The molecule has 0 bridgehead atoms. The summed E-state index contributed by atoms with van der Waals surface area (Å²) in [6.45, 7) is 2.28.